The van der Waals surface area contributed by atoms with Crippen molar-refractivity contribution in [3.8, 4) is 5.75 Å². The SMILES string of the molecule is C[C@]1(C(=O)[O-])CCC[C@]2(C)c3cc([O-])c([N+](=O)[O-])cc3CC[C@H]12. The molecule has 23 heavy (non-hydrogen) atoms. The summed E-state index contributed by atoms with van der Waals surface area (Å²) in [5.41, 5.74) is -0.178. The van der Waals surface area contributed by atoms with Crippen LogP contribution < -0.4 is 10.2 Å². The smallest absolute Gasteiger partial charge is 0.262 e. The first kappa shape index (κ1) is 15.8. The number of nitro benzene ring substituents is 1. The van der Waals surface area contributed by atoms with Crippen molar-refractivity contribution in [2.24, 2.45) is 11.3 Å². The lowest BCUT2D eigenvalue weighted by molar-refractivity contribution is -0.398. The maximum Gasteiger partial charge on any atom is 0.262 e. The Kier molecular flexibility index (Phi) is 3.39. The highest BCUT2D eigenvalue weighted by Gasteiger charge is 2.52. The van der Waals surface area contributed by atoms with Gasteiger partial charge >= 0.3 is 0 Å². The van der Waals surface area contributed by atoms with E-state index in [9.17, 15) is 25.1 Å². The van der Waals surface area contributed by atoms with Crippen LogP contribution in [0.3, 0.4) is 0 Å². The van der Waals surface area contributed by atoms with Gasteiger partial charge in [-0.05, 0) is 53.9 Å². The number of hydrogen-bond acceptors (Lipinski definition) is 5. The number of benzene rings is 1. The van der Waals surface area contributed by atoms with E-state index in [4.69, 9.17) is 0 Å². The van der Waals surface area contributed by atoms with Gasteiger partial charge in [0.05, 0.1) is 4.92 Å². The molecule has 0 heterocycles. The first-order valence-electron chi connectivity index (χ1n) is 7.90. The number of aryl methyl sites for hydroxylation is 1. The Balaban J connectivity index is 2.15. The number of nitro groups is 1. The van der Waals surface area contributed by atoms with Crippen molar-refractivity contribution in [3.05, 3.63) is 33.4 Å². The maximum absolute atomic E-state index is 12.1. The fraction of sp³-hybridized carbons (Fsp3) is 0.588. The van der Waals surface area contributed by atoms with Crippen LogP contribution >= 0.6 is 0 Å². The summed E-state index contributed by atoms with van der Waals surface area (Å²) in [7, 11) is 0. The van der Waals surface area contributed by atoms with E-state index in [1.165, 1.54) is 12.1 Å². The zero-order valence-electron chi connectivity index (χ0n) is 13.3. The van der Waals surface area contributed by atoms with Crippen LogP contribution in [0.4, 0.5) is 5.69 Å². The van der Waals surface area contributed by atoms with Gasteiger partial charge in [-0.25, -0.2) is 0 Å². The Morgan fingerprint density at radius 1 is 1.30 bits per heavy atom. The van der Waals surface area contributed by atoms with E-state index in [-0.39, 0.29) is 5.92 Å². The van der Waals surface area contributed by atoms with Crippen LogP contribution in [0.5, 0.6) is 5.75 Å². The normalized spacial score (nSPS) is 32.7. The molecular formula is C17H19NO5-2. The fourth-order valence-corrected chi connectivity index (χ4v) is 4.87. The van der Waals surface area contributed by atoms with E-state index in [0.717, 1.165) is 24.0 Å². The topological polar surface area (TPSA) is 106 Å². The van der Waals surface area contributed by atoms with Crippen LogP contribution in [0.2, 0.25) is 0 Å². The molecule has 0 unspecified atom stereocenters. The summed E-state index contributed by atoms with van der Waals surface area (Å²) in [5.74, 6) is -1.76. The number of hydrogen-bond donors (Lipinski definition) is 0. The van der Waals surface area contributed by atoms with E-state index < -0.39 is 33.2 Å². The molecule has 0 aromatic heterocycles. The molecule has 124 valence electrons. The van der Waals surface area contributed by atoms with Gasteiger partial charge in [-0.3, -0.25) is 10.1 Å². The summed E-state index contributed by atoms with van der Waals surface area (Å²) in [6.07, 6.45) is 3.29. The summed E-state index contributed by atoms with van der Waals surface area (Å²) in [4.78, 5) is 22.1. The minimum Gasteiger partial charge on any atom is -0.868 e. The highest BCUT2D eigenvalue weighted by Crippen LogP contribution is 2.57. The predicted molar refractivity (Wildman–Crippen MR) is 78.7 cm³/mol. The monoisotopic (exact) mass is 317 g/mol. The van der Waals surface area contributed by atoms with Gasteiger partial charge in [-0.2, -0.15) is 0 Å². The molecule has 6 heteroatoms. The lowest BCUT2D eigenvalue weighted by Gasteiger charge is -2.56. The van der Waals surface area contributed by atoms with Crippen molar-refractivity contribution in [3.63, 3.8) is 0 Å². The maximum atomic E-state index is 12.1. The van der Waals surface area contributed by atoms with Gasteiger partial charge in [0.25, 0.3) is 5.69 Å². The Hall–Kier alpha value is -2.11. The number of aliphatic carboxylic acids is 1. The highest BCUT2D eigenvalue weighted by molar-refractivity contribution is 5.73. The van der Waals surface area contributed by atoms with Gasteiger partial charge < -0.3 is 15.0 Å². The van der Waals surface area contributed by atoms with E-state index in [1.54, 1.807) is 6.92 Å². The molecule has 1 fully saturated rings. The minimum absolute atomic E-state index is 0.123. The molecule has 1 saturated carbocycles. The quantitative estimate of drug-likeness (QED) is 0.606. The zero-order valence-corrected chi connectivity index (χ0v) is 13.3. The standard InChI is InChI=1S/C17H21NO5/c1-16-6-3-7-17(2,15(20)21)14(16)5-4-10-8-12(18(22)23)13(19)9-11(10)16/h8-9,14,19H,3-7H2,1-2H3,(H,20,21)/p-2/t14-,16+,17-/m0/s1. The molecule has 3 atom stereocenters. The van der Waals surface area contributed by atoms with E-state index in [1.807, 2.05) is 6.92 Å². The number of fused-ring (bicyclic) bond motifs is 3. The Bertz CT molecular complexity index is 700. The summed E-state index contributed by atoms with van der Waals surface area (Å²) in [6, 6.07) is 2.74. The first-order chi connectivity index (χ1) is 10.7. The molecule has 3 rings (SSSR count). The van der Waals surface area contributed by atoms with Gasteiger partial charge in [0.1, 0.15) is 0 Å². The predicted octanol–water partition coefficient (Wildman–Crippen LogP) is 1.43. The number of rotatable bonds is 2. The average Bonchev–Trinajstić information content (AvgIpc) is 2.46. The molecule has 0 bridgehead atoms. The number of carbonyl (C=O) groups excluding carboxylic acids is 1. The van der Waals surface area contributed by atoms with Gasteiger partial charge in [0.15, 0.2) is 0 Å². The van der Waals surface area contributed by atoms with E-state index in [2.05, 4.69) is 0 Å². The Morgan fingerprint density at radius 2 is 2.00 bits per heavy atom. The van der Waals surface area contributed by atoms with Crippen LogP contribution in [0.25, 0.3) is 0 Å². The molecule has 6 nitrogen and oxygen atoms in total. The van der Waals surface area contributed by atoms with Crippen molar-refractivity contribution in [2.75, 3.05) is 0 Å². The Labute approximate surface area is 134 Å². The molecule has 1 aromatic rings. The van der Waals surface area contributed by atoms with Gasteiger partial charge in [-0.15, -0.1) is 0 Å². The third-order valence-electron chi connectivity index (χ3n) is 6.10. The molecule has 2 aliphatic rings. The second kappa shape index (κ2) is 4.94. The second-order valence-corrected chi connectivity index (χ2v) is 7.30. The summed E-state index contributed by atoms with van der Waals surface area (Å²) in [6.45, 7) is 3.72. The van der Waals surface area contributed by atoms with Gasteiger partial charge in [0, 0.05) is 17.5 Å². The molecule has 1 aromatic carbocycles. The largest absolute Gasteiger partial charge is 0.868 e. The molecule has 0 radical (unpaired) electrons. The van der Waals surface area contributed by atoms with Crippen molar-refractivity contribution >= 4 is 11.7 Å². The van der Waals surface area contributed by atoms with Gasteiger partial charge in [-0.1, -0.05) is 26.3 Å². The Morgan fingerprint density at radius 3 is 2.61 bits per heavy atom. The van der Waals surface area contributed by atoms with Crippen molar-refractivity contribution in [1.29, 1.82) is 0 Å². The number of carbonyl (C=O) groups is 1. The van der Waals surface area contributed by atoms with Crippen molar-refractivity contribution < 1.29 is 19.9 Å². The van der Waals surface area contributed by atoms with Crippen LogP contribution in [-0.2, 0) is 16.6 Å². The molecule has 2 aliphatic carbocycles. The summed E-state index contributed by atoms with van der Waals surface area (Å²) >= 11 is 0. The second-order valence-electron chi connectivity index (χ2n) is 7.30. The summed E-state index contributed by atoms with van der Waals surface area (Å²) in [5, 5.41) is 34.8. The summed E-state index contributed by atoms with van der Waals surface area (Å²) < 4.78 is 0. The van der Waals surface area contributed by atoms with Gasteiger partial charge in [0.2, 0.25) is 0 Å². The van der Waals surface area contributed by atoms with Crippen molar-refractivity contribution in [1.82, 2.24) is 0 Å². The minimum atomic E-state index is -1.04. The lowest BCUT2D eigenvalue weighted by atomic mass is 9.50. The molecular weight excluding hydrogens is 298 g/mol. The fourth-order valence-electron chi connectivity index (χ4n) is 4.87. The van der Waals surface area contributed by atoms with Crippen LogP contribution in [-0.4, -0.2) is 10.9 Å². The number of carboxylic acid groups (broad SMARTS) is 1. The average molecular weight is 317 g/mol. The van der Waals surface area contributed by atoms with E-state index in [0.29, 0.717) is 19.3 Å². The number of carboxylic acids is 1. The van der Waals surface area contributed by atoms with Crippen LogP contribution in [0.1, 0.15) is 50.7 Å². The highest BCUT2D eigenvalue weighted by atomic mass is 16.6. The first-order valence-corrected chi connectivity index (χ1v) is 7.90. The van der Waals surface area contributed by atoms with E-state index >= 15 is 0 Å². The van der Waals surface area contributed by atoms with Crippen molar-refractivity contribution in [2.45, 2.75) is 51.4 Å². The molecule has 0 amide bonds. The number of nitrogens with zero attached hydrogens (tertiary/aromatic N) is 1. The third-order valence-corrected chi connectivity index (χ3v) is 6.10. The molecule has 0 spiro atoms. The van der Waals surface area contributed by atoms with Crippen LogP contribution in [0.15, 0.2) is 12.1 Å². The molecule has 0 saturated heterocycles. The lowest BCUT2D eigenvalue weighted by Crippen LogP contribution is -2.56. The molecule has 0 N–H and O–H groups in total. The van der Waals surface area contributed by atoms with Crippen LogP contribution in [0, 0.1) is 21.4 Å². The molecule has 0 aliphatic heterocycles. The third kappa shape index (κ3) is 2.11. The zero-order chi connectivity index (χ0) is 17.0.